The van der Waals surface area contributed by atoms with Crippen LogP contribution in [0.25, 0.3) is 0 Å². The van der Waals surface area contributed by atoms with E-state index in [2.05, 4.69) is 10.6 Å². The normalized spacial score (nSPS) is 13.8. The number of urea groups is 1. The third-order valence-electron chi connectivity index (χ3n) is 3.99. The van der Waals surface area contributed by atoms with E-state index in [-0.39, 0.29) is 5.56 Å². The Balaban J connectivity index is 2.10. The number of carbonyl (C=O) groups excluding carboxylic acids is 1. The van der Waals surface area contributed by atoms with Gasteiger partial charge in [0.15, 0.2) is 0 Å². The van der Waals surface area contributed by atoms with E-state index in [9.17, 15) is 23.1 Å². The van der Waals surface area contributed by atoms with Crippen molar-refractivity contribution in [2.45, 2.75) is 25.6 Å². The van der Waals surface area contributed by atoms with Crippen molar-refractivity contribution in [1.82, 2.24) is 5.32 Å². The quantitative estimate of drug-likeness (QED) is 0.782. The monoisotopic (exact) mass is 352 g/mol. The predicted octanol–water partition coefficient (Wildman–Crippen LogP) is 3.88. The summed E-state index contributed by atoms with van der Waals surface area (Å²) >= 11 is 0. The second kappa shape index (κ2) is 7.14. The van der Waals surface area contributed by atoms with Gasteiger partial charge >= 0.3 is 12.2 Å². The van der Waals surface area contributed by atoms with Crippen LogP contribution in [0.15, 0.2) is 48.5 Å². The molecule has 2 amide bonds. The van der Waals surface area contributed by atoms with Gasteiger partial charge in [-0.2, -0.15) is 13.2 Å². The first-order valence-corrected chi connectivity index (χ1v) is 7.60. The molecular formula is C18H19F3N2O2. The molecule has 3 N–H and O–H groups in total. The lowest BCUT2D eigenvalue weighted by atomic mass is 9.93. The van der Waals surface area contributed by atoms with Crippen LogP contribution in [-0.2, 0) is 5.60 Å². The Bertz CT molecular complexity index is 748. The van der Waals surface area contributed by atoms with E-state index in [1.165, 1.54) is 12.1 Å². The molecule has 2 rings (SSSR count). The fraction of sp³-hybridized carbons (Fsp3) is 0.278. The molecule has 2 aromatic rings. The van der Waals surface area contributed by atoms with E-state index in [0.717, 1.165) is 23.3 Å². The van der Waals surface area contributed by atoms with Crippen molar-refractivity contribution < 1.29 is 23.1 Å². The third kappa shape index (κ3) is 4.30. The van der Waals surface area contributed by atoms with E-state index in [4.69, 9.17) is 0 Å². The Labute approximate surface area is 143 Å². The highest BCUT2D eigenvalue weighted by Crippen LogP contribution is 2.38. The smallest absolute Gasteiger partial charge is 0.375 e. The van der Waals surface area contributed by atoms with Crippen LogP contribution in [0, 0.1) is 13.8 Å². The molecule has 0 fully saturated rings. The van der Waals surface area contributed by atoms with Gasteiger partial charge in [-0.3, -0.25) is 0 Å². The fourth-order valence-electron chi connectivity index (χ4n) is 2.28. The van der Waals surface area contributed by atoms with Gasteiger partial charge in [-0.15, -0.1) is 0 Å². The van der Waals surface area contributed by atoms with Crippen molar-refractivity contribution in [3.8, 4) is 0 Å². The summed E-state index contributed by atoms with van der Waals surface area (Å²) in [4.78, 5) is 11.9. The predicted molar refractivity (Wildman–Crippen MR) is 89.3 cm³/mol. The van der Waals surface area contributed by atoms with E-state index in [1.54, 1.807) is 24.3 Å². The molecule has 4 nitrogen and oxygen atoms in total. The molecule has 0 aromatic heterocycles. The van der Waals surface area contributed by atoms with Crippen LogP contribution in [0.2, 0.25) is 0 Å². The molecule has 0 heterocycles. The molecule has 25 heavy (non-hydrogen) atoms. The molecule has 0 saturated heterocycles. The number of amides is 2. The standard InChI is InChI=1S/C18H19F3N2O2/c1-12-8-9-15(10-13(12)2)23-16(24)22-11-17(25,18(19,20)21)14-6-4-3-5-7-14/h3-10,25H,11H2,1-2H3,(H2,22,23,24)/t17-/m0/s1. The Morgan fingerprint density at radius 3 is 2.24 bits per heavy atom. The molecule has 2 aromatic carbocycles. The lowest BCUT2D eigenvalue weighted by molar-refractivity contribution is -0.263. The largest absolute Gasteiger partial charge is 0.423 e. The van der Waals surface area contributed by atoms with Crippen molar-refractivity contribution in [1.29, 1.82) is 0 Å². The van der Waals surface area contributed by atoms with Crippen LogP contribution in [0.4, 0.5) is 23.7 Å². The minimum atomic E-state index is -4.94. The molecule has 0 aliphatic heterocycles. The Kier molecular flexibility index (Phi) is 5.37. The number of alkyl halides is 3. The zero-order valence-corrected chi connectivity index (χ0v) is 13.8. The minimum Gasteiger partial charge on any atom is -0.375 e. The molecule has 0 radical (unpaired) electrons. The molecule has 0 aliphatic carbocycles. The van der Waals surface area contributed by atoms with Crippen molar-refractivity contribution in [2.24, 2.45) is 0 Å². The number of aliphatic hydroxyl groups is 1. The summed E-state index contributed by atoms with van der Waals surface area (Å²) < 4.78 is 40.0. The van der Waals surface area contributed by atoms with Gasteiger partial charge in [0.2, 0.25) is 5.60 Å². The van der Waals surface area contributed by atoms with Gasteiger partial charge in [0.05, 0.1) is 6.54 Å². The van der Waals surface area contributed by atoms with Crippen molar-refractivity contribution >= 4 is 11.7 Å². The van der Waals surface area contributed by atoms with E-state index >= 15 is 0 Å². The summed E-state index contributed by atoms with van der Waals surface area (Å²) in [6, 6.07) is 11.0. The molecule has 1 atom stereocenters. The molecule has 0 bridgehead atoms. The van der Waals surface area contributed by atoms with Crippen LogP contribution < -0.4 is 10.6 Å². The van der Waals surface area contributed by atoms with Crippen molar-refractivity contribution in [2.75, 3.05) is 11.9 Å². The van der Waals surface area contributed by atoms with Gasteiger partial charge in [0.1, 0.15) is 0 Å². The highest BCUT2D eigenvalue weighted by Gasteiger charge is 2.55. The zero-order chi connectivity index (χ0) is 18.7. The zero-order valence-electron chi connectivity index (χ0n) is 13.8. The number of aryl methyl sites for hydroxylation is 2. The maximum Gasteiger partial charge on any atom is 0.423 e. The summed E-state index contributed by atoms with van der Waals surface area (Å²) in [5, 5.41) is 14.7. The minimum absolute atomic E-state index is 0.339. The Morgan fingerprint density at radius 2 is 1.68 bits per heavy atom. The van der Waals surface area contributed by atoms with Crippen LogP contribution in [0.1, 0.15) is 16.7 Å². The SMILES string of the molecule is Cc1ccc(NC(=O)NC[C@](O)(c2ccccc2)C(F)(F)F)cc1C. The lowest BCUT2D eigenvalue weighted by Crippen LogP contribution is -2.51. The summed E-state index contributed by atoms with van der Waals surface area (Å²) in [6.07, 6.45) is -4.94. The third-order valence-corrected chi connectivity index (χ3v) is 3.99. The van der Waals surface area contributed by atoms with Gasteiger partial charge in [-0.05, 0) is 42.7 Å². The van der Waals surface area contributed by atoms with Gasteiger partial charge < -0.3 is 15.7 Å². The topological polar surface area (TPSA) is 61.4 Å². The second-order valence-electron chi connectivity index (χ2n) is 5.83. The summed E-state index contributed by atoms with van der Waals surface area (Å²) in [6.45, 7) is 2.76. The maximum absolute atomic E-state index is 13.3. The number of rotatable bonds is 4. The number of anilines is 1. The van der Waals surface area contributed by atoms with Crippen molar-refractivity contribution in [3.05, 3.63) is 65.2 Å². The second-order valence-corrected chi connectivity index (χ2v) is 5.83. The summed E-state index contributed by atoms with van der Waals surface area (Å²) in [7, 11) is 0. The summed E-state index contributed by atoms with van der Waals surface area (Å²) in [5.74, 6) is 0. The van der Waals surface area contributed by atoms with Gasteiger partial charge in [0, 0.05) is 5.69 Å². The molecule has 0 saturated carbocycles. The highest BCUT2D eigenvalue weighted by atomic mass is 19.4. The van der Waals surface area contributed by atoms with Crippen LogP contribution in [-0.4, -0.2) is 23.9 Å². The molecule has 7 heteroatoms. The Hall–Kier alpha value is -2.54. The van der Waals surface area contributed by atoms with Crippen LogP contribution in [0.5, 0.6) is 0 Å². The first kappa shape index (κ1) is 18.8. The first-order valence-electron chi connectivity index (χ1n) is 7.60. The number of carbonyl (C=O) groups is 1. The van der Waals surface area contributed by atoms with E-state index in [0.29, 0.717) is 5.69 Å². The Morgan fingerprint density at radius 1 is 1.04 bits per heavy atom. The van der Waals surface area contributed by atoms with Crippen LogP contribution >= 0.6 is 0 Å². The van der Waals surface area contributed by atoms with Gasteiger partial charge in [-0.25, -0.2) is 4.79 Å². The van der Waals surface area contributed by atoms with E-state index in [1.807, 2.05) is 13.8 Å². The number of hydrogen-bond acceptors (Lipinski definition) is 2. The fourth-order valence-corrected chi connectivity index (χ4v) is 2.28. The molecule has 134 valence electrons. The number of nitrogens with one attached hydrogen (secondary N) is 2. The maximum atomic E-state index is 13.3. The molecule has 0 spiro atoms. The first-order chi connectivity index (χ1) is 11.6. The number of benzene rings is 2. The highest BCUT2D eigenvalue weighted by molar-refractivity contribution is 5.89. The van der Waals surface area contributed by atoms with Crippen LogP contribution in [0.3, 0.4) is 0 Å². The average molecular weight is 352 g/mol. The number of hydrogen-bond donors (Lipinski definition) is 3. The molecule has 0 unspecified atom stereocenters. The van der Waals surface area contributed by atoms with Gasteiger partial charge in [-0.1, -0.05) is 36.4 Å². The molecular weight excluding hydrogens is 333 g/mol. The number of halogens is 3. The van der Waals surface area contributed by atoms with Gasteiger partial charge in [0.25, 0.3) is 0 Å². The van der Waals surface area contributed by atoms with E-state index < -0.39 is 24.4 Å². The average Bonchev–Trinajstić information content (AvgIpc) is 2.56. The lowest BCUT2D eigenvalue weighted by Gasteiger charge is -2.31. The van der Waals surface area contributed by atoms with Crippen molar-refractivity contribution in [3.63, 3.8) is 0 Å². The molecule has 0 aliphatic rings. The summed E-state index contributed by atoms with van der Waals surface area (Å²) in [5.41, 5.74) is -1.09.